The normalized spacial score (nSPS) is 10.1. The number of rotatable bonds is 4. The summed E-state index contributed by atoms with van der Waals surface area (Å²) in [6.07, 6.45) is 5.07. The van der Waals surface area contributed by atoms with Crippen LogP contribution in [-0.4, -0.2) is 29.0 Å². The van der Waals surface area contributed by atoms with Crippen LogP contribution in [0.4, 0.5) is 5.82 Å². The number of halogens is 1. The first-order valence-electron chi connectivity index (χ1n) is 5.57. The summed E-state index contributed by atoms with van der Waals surface area (Å²) in [5.74, 6) is 2.34. The molecule has 19 heavy (non-hydrogen) atoms. The number of amides is 1. The predicted octanol–water partition coefficient (Wildman–Crippen LogP) is 1.44. The van der Waals surface area contributed by atoms with Crippen molar-refractivity contribution in [1.82, 2.24) is 15.3 Å². The molecule has 0 aliphatic heterocycles. The topological polar surface area (TPSA) is 66.9 Å². The molecule has 0 spiro atoms. The summed E-state index contributed by atoms with van der Waals surface area (Å²) in [5, 5.41) is 5.51. The number of nitrogens with one attached hydrogen (secondary N) is 2. The first-order valence-corrected chi connectivity index (χ1v) is 5.95. The first kappa shape index (κ1) is 13.3. The molecule has 1 amide bonds. The Labute approximate surface area is 115 Å². The molecule has 0 atom stereocenters. The third-order valence-electron chi connectivity index (χ3n) is 2.30. The number of hydrogen-bond acceptors (Lipinski definition) is 4. The summed E-state index contributed by atoms with van der Waals surface area (Å²) in [5.41, 5.74) is 1.34. The van der Waals surface area contributed by atoms with Crippen molar-refractivity contribution in [3.8, 4) is 12.3 Å². The van der Waals surface area contributed by atoms with Gasteiger partial charge in [0.1, 0.15) is 0 Å². The van der Waals surface area contributed by atoms with E-state index in [4.69, 9.17) is 18.0 Å². The van der Waals surface area contributed by atoms with Gasteiger partial charge in [-0.15, -0.1) is 6.42 Å². The van der Waals surface area contributed by atoms with E-state index in [2.05, 4.69) is 26.5 Å². The van der Waals surface area contributed by atoms with Crippen LogP contribution >= 0.6 is 11.6 Å². The highest BCUT2D eigenvalue weighted by molar-refractivity contribution is 6.32. The van der Waals surface area contributed by atoms with Crippen LogP contribution in [0.1, 0.15) is 0 Å². The van der Waals surface area contributed by atoms with Crippen LogP contribution in [0.5, 0.6) is 0 Å². The van der Waals surface area contributed by atoms with Gasteiger partial charge in [0.05, 0.1) is 24.1 Å². The Hall–Kier alpha value is -2.16. The number of anilines is 1. The second-order valence-electron chi connectivity index (χ2n) is 3.71. The van der Waals surface area contributed by atoms with Crippen molar-refractivity contribution in [2.45, 2.75) is 0 Å². The zero-order valence-corrected chi connectivity index (χ0v) is 10.7. The lowest BCUT2D eigenvalue weighted by Crippen LogP contribution is -2.28. The summed E-state index contributed by atoms with van der Waals surface area (Å²) in [4.78, 5) is 20.0. The molecule has 1 aromatic carbocycles. The summed E-state index contributed by atoms with van der Waals surface area (Å²) in [6, 6.07) is 7.28. The van der Waals surface area contributed by atoms with Gasteiger partial charge in [-0.3, -0.25) is 10.1 Å². The number of carbonyl (C=O) groups excluding carboxylic acids is 1. The molecule has 0 bridgehead atoms. The number of carbonyl (C=O) groups is 1. The Kier molecular flexibility index (Phi) is 4.29. The van der Waals surface area contributed by atoms with Crippen LogP contribution in [-0.2, 0) is 4.79 Å². The van der Waals surface area contributed by atoms with Gasteiger partial charge in [-0.05, 0) is 12.1 Å². The summed E-state index contributed by atoms with van der Waals surface area (Å²) in [7, 11) is 0. The Balaban J connectivity index is 2.14. The standard InChI is InChI=1S/C13H11ClN4O/c1-2-7-15-8-11(19)18-13-12(14)16-9-5-3-4-6-10(9)17-13/h1,3-6,15H,7-8H2,(H,17,18,19). The molecule has 0 saturated heterocycles. The van der Waals surface area contributed by atoms with E-state index in [0.29, 0.717) is 17.6 Å². The monoisotopic (exact) mass is 274 g/mol. The lowest BCUT2D eigenvalue weighted by molar-refractivity contribution is -0.115. The third kappa shape index (κ3) is 3.41. The molecule has 2 aromatic rings. The minimum absolute atomic E-state index is 0.0923. The van der Waals surface area contributed by atoms with Crippen molar-refractivity contribution < 1.29 is 4.79 Å². The van der Waals surface area contributed by atoms with E-state index >= 15 is 0 Å². The molecule has 0 aliphatic rings. The molecule has 96 valence electrons. The first-order chi connectivity index (χ1) is 9.20. The lowest BCUT2D eigenvalue weighted by Gasteiger charge is -2.07. The quantitative estimate of drug-likeness (QED) is 0.654. The number of aromatic nitrogens is 2. The minimum Gasteiger partial charge on any atom is -0.307 e. The summed E-state index contributed by atoms with van der Waals surface area (Å²) < 4.78 is 0. The van der Waals surface area contributed by atoms with Crippen molar-refractivity contribution in [1.29, 1.82) is 0 Å². The molecule has 2 N–H and O–H groups in total. The Morgan fingerprint density at radius 3 is 2.68 bits per heavy atom. The number of benzene rings is 1. The molecule has 0 unspecified atom stereocenters. The third-order valence-corrected chi connectivity index (χ3v) is 2.56. The SMILES string of the molecule is C#CCNCC(=O)Nc1nc2ccccc2nc1Cl. The minimum atomic E-state index is -0.276. The van der Waals surface area contributed by atoms with Crippen LogP contribution in [0.25, 0.3) is 11.0 Å². The number of nitrogens with zero attached hydrogens (tertiary/aromatic N) is 2. The smallest absolute Gasteiger partial charge is 0.239 e. The van der Waals surface area contributed by atoms with Crippen molar-refractivity contribution >= 4 is 34.4 Å². The zero-order valence-electron chi connectivity index (χ0n) is 9.98. The van der Waals surface area contributed by atoms with Crippen LogP contribution in [0.3, 0.4) is 0 Å². The maximum atomic E-state index is 11.6. The number of terminal acetylenes is 1. The second kappa shape index (κ2) is 6.14. The van der Waals surface area contributed by atoms with E-state index in [0.717, 1.165) is 0 Å². The fourth-order valence-corrected chi connectivity index (χ4v) is 1.66. The van der Waals surface area contributed by atoms with E-state index < -0.39 is 0 Å². The van der Waals surface area contributed by atoms with Crippen molar-refractivity contribution in [2.24, 2.45) is 0 Å². The maximum absolute atomic E-state index is 11.6. The summed E-state index contributed by atoms with van der Waals surface area (Å²) in [6.45, 7) is 0.416. The van der Waals surface area contributed by atoms with E-state index in [1.54, 1.807) is 12.1 Å². The van der Waals surface area contributed by atoms with E-state index in [-0.39, 0.29) is 23.4 Å². The van der Waals surface area contributed by atoms with Gasteiger partial charge in [-0.25, -0.2) is 9.97 Å². The Morgan fingerprint density at radius 2 is 2.00 bits per heavy atom. The van der Waals surface area contributed by atoms with Gasteiger partial charge in [0.2, 0.25) is 5.91 Å². The van der Waals surface area contributed by atoms with Gasteiger partial charge >= 0.3 is 0 Å². The number of hydrogen-bond donors (Lipinski definition) is 2. The molecule has 5 nitrogen and oxygen atoms in total. The van der Waals surface area contributed by atoms with E-state index in [1.165, 1.54) is 0 Å². The zero-order chi connectivity index (χ0) is 13.7. The highest BCUT2D eigenvalue weighted by Gasteiger charge is 2.09. The second-order valence-corrected chi connectivity index (χ2v) is 4.07. The van der Waals surface area contributed by atoms with Crippen LogP contribution in [0.2, 0.25) is 5.15 Å². The molecule has 1 aromatic heterocycles. The van der Waals surface area contributed by atoms with Gasteiger partial charge in [0.25, 0.3) is 0 Å². The van der Waals surface area contributed by atoms with E-state index in [9.17, 15) is 4.79 Å². The van der Waals surface area contributed by atoms with Crippen molar-refractivity contribution in [3.63, 3.8) is 0 Å². The van der Waals surface area contributed by atoms with E-state index in [1.807, 2.05) is 12.1 Å². The highest BCUT2D eigenvalue weighted by atomic mass is 35.5. The molecule has 0 radical (unpaired) electrons. The fourth-order valence-electron chi connectivity index (χ4n) is 1.48. The maximum Gasteiger partial charge on any atom is 0.239 e. The average Bonchev–Trinajstić information content (AvgIpc) is 2.40. The van der Waals surface area contributed by atoms with Gasteiger partial charge in [-0.1, -0.05) is 29.7 Å². The lowest BCUT2D eigenvalue weighted by atomic mass is 10.3. The molecule has 0 aliphatic carbocycles. The van der Waals surface area contributed by atoms with Gasteiger partial charge in [-0.2, -0.15) is 0 Å². The predicted molar refractivity (Wildman–Crippen MR) is 74.9 cm³/mol. The molecular weight excluding hydrogens is 264 g/mol. The van der Waals surface area contributed by atoms with Gasteiger partial charge in [0, 0.05) is 0 Å². The molecule has 0 saturated carbocycles. The molecule has 2 rings (SSSR count). The molecule has 0 fully saturated rings. The summed E-state index contributed by atoms with van der Waals surface area (Å²) >= 11 is 5.97. The molecule has 6 heteroatoms. The van der Waals surface area contributed by atoms with Crippen LogP contribution in [0.15, 0.2) is 24.3 Å². The average molecular weight is 275 g/mol. The molecular formula is C13H11ClN4O. The Morgan fingerprint density at radius 1 is 1.32 bits per heavy atom. The number of para-hydroxylation sites is 2. The van der Waals surface area contributed by atoms with Crippen molar-refractivity contribution in [2.75, 3.05) is 18.4 Å². The fraction of sp³-hybridized carbons (Fsp3) is 0.154. The number of fused-ring (bicyclic) bond motifs is 1. The van der Waals surface area contributed by atoms with Crippen LogP contribution < -0.4 is 10.6 Å². The molecule has 1 heterocycles. The largest absolute Gasteiger partial charge is 0.307 e. The highest BCUT2D eigenvalue weighted by Crippen LogP contribution is 2.20. The van der Waals surface area contributed by atoms with Gasteiger partial charge in [0.15, 0.2) is 11.0 Å². The van der Waals surface area contributed by atoms with Crippen molar-refractivity contribution in [3.05, 3.63) is 29.4 Å². The van der Waals surface area contributed by atoms with Gasteiger partial charge < -0.3 is 5.32 Å². The van der Waals surface area contributed by atoms with Crippen LogP contribution in [0, 0.1) is 12.3 Å². The Bertz CT molecular complexity index is 651.